The molecular weight excluding hydrogens is 300 g/mol. The first-order chi connectivity index (χ1) is 10.6. The van der Waals surface area contributed by atoms with Crippen molar-refractivity contribution in [3.05, 3.63) is 47.2 Å². The van der Waals surface area contributed by atoms with Gasteiger partial charge in [-0.15, -0.1) is 0 Å². The van der Waals surface area contributed by atoms with Crippen LogP contribution in [0.5, 0.6) is 0 Å². The normalized spacial score (nSPS) is 10.9. The van der Waals surface area contributed by atoms with Crippen LogP contribution in [0.4, 0.5) is 0 Å². The first-order valence-electron chi connectivity index (χ1n) is 7.50. The molecule has 0 saturated heterocycles. The largest absolute Gasteiger partial charge is 0.451 e. The van der Waals surface area contributed by atoms with Crippen LogP contribution in [0.1, 0.15) is 24.4 Å². The number of amides is 1. The number of carbonyl (C=O) groups excluding carboxylic acids is 1. The number of likely N-dealkylation sites (N-methyl/N-ethyl adjacent to an activating group) is 1. The van der Waals surface area contributed by atoms with E-state index in [1.807, 2.05) is 12.1 Å². The van der Waals surface area contributed by atoms with Crippen molar-refractivity contribution >= 4 is 17.5 Å². The summed E-state index contributed by atoms with van der Waals surface area (Å²) in [6, 6.07) is 10.8. The Kier molecular flexibility index (Phi) is 6.04. The summed E-state index contributed by atoms with van der Waals surface area (Å²) in [4.78, 5) is 14.3. The second kappa shape index (κ2) is 8.01. The Morgan fingerprint density at radius 1 is 1.14 bits per heavy atom. The Hall–Kier alpha value is -1.78. The molecule has 0 fully saturated rings. The van der Waals surface area contributed by atoms with Crippen molar-refractivity contribution in [3.63, 3.8) is 0 Å². The number of halogens is 1. The fourth-order valence-electron chi connectivity index (χ4n) is 2.18. The predicted molar refractivity (Wildman–Crippen MR) is 89.3 cm³/mol. The molecule has 2 aromatic rings. The van der Waals surface area contributed by atoms with Crippen LogP contribution in [0.3, 0.4) is 0 Å². The lowest BCUT2D eigenvalue weighted by Crippen LogP contribution is -2.34. The lowest BCUT2D eigenvalue weighted by Gasteiger charge is -2.17. The molecule has 22 heavy (non-hydrogen) atoms. The number of hydrogen-bond acceptors (Lipinski definition) is 3. The maximum atomic E-state index is 12.1. The predicted octanol–water partition coefficient (Wildman–Crippen LogP) is 3.67. The van der Waals surface area contributed by atoms with Gasteiger partial charge in [-0.3, -0.25) is 4.79 Å². The molecular formula is C17H21ClN2O2. The highest BCUT2D eigenvalue weighted by atomic mass is 35.5. The average Bonchev–Trinajstić information content (AvgIpc) is 3.02. The third-order valence-corrected chi connectivity index (χ3v) is 3.82. The van der Waals surface area contributed by atoms with Crippen LogP contribution < -0.4 is 5.32 Å². The molecule has 0 atom stereocenters. The van der Waals surface area contributed by atoms with Crippen LogP contribution in [0.15, 0.2) is 40.8 Å². The Balaban J connectivity index is 1.93. The molecule has 1 heterocycles. The summed E-state index contributed by atoms with van der Waals surface area (Å²) >= 11 is 5.86. The molecule has 0 aliphatic carbocycles. The molecule has 0 unspecified atom stereocenters. The zero-order valence-electron chi connectivity index (χ0n) is 12.9. The summed E-state index contributed by atoms with van der Waals surface area (Å²) in [5.41, 5.74) is 0.895. The monoisotopic (exact) mass is 320 g/mol. The second-order valence-corrected chi connectivity index (χ2v) is 5.39. The minimum Gasteiger partial charge on any atom is -0.451 e. The summed E-state index contributed by atoms with van der Waals surface area (Å²) in [7, 11) is 0. The van der Waals surface area contributed by atoms with E-state index in [0.717, 1.165) is 25.2 Å². The van der Waals surface area contributed by atoms with Crippen LogP contribution in [0, 0.1) is 0 Å². The van der Waals surface area contributed by atoms with E-state index in [1.165, 1.54) is 0 Å². The van der Waals surface area contributed by atoms with Crippen molar-refractivity contribution in [3.8, 4) is 11.3 Å². The number of rotatable bonds is 7. The van der Waals surface area contributed by atoms with Gasteiger partial charge in [0.2, 0.25) is 0 Å². The fourth-order valence-corrected chi connectivity index (χ4v) is 2.31. The summed E-state index contributed by atoms with van der Waals surface area (Å²) in [6.07, 6.45) is 0. The van der Waals surface area contributed by atoms with Crippen molar-refractivity contribution in [2.45, 2.75) is 13.8 Å². The number of nitrogens with one attached hydrogen (secondary N) is 1. The Labute approximate surface area is 136 Å². The van der Waals surface area contributed by atoms with Crippen LogP contribution in [0.25, 0.3) is 11.3 Å². The van der Waals surface area contributed by atoms with Gasteiger partial charge >= 0.3 is 0 Å². The van der Waals surface area contributed by atoms with Gasteiger partial charge in [0.25, 0.3) is 5.91 Å². The molecule has 118 valence electrons. The lowest BCUT2D eigenvalue weighted by atomic mass is 10.2. The van der Waals surface area contributed by atoms with E-state index >= 15 is 0 Å². The highest BCUT2D eigenvalue weighted by Gasteiger charge is 2.12. The molecule has 1 aromatic carbocycles. The standard InChI is InChI=1S/C17H21ClN2O2/c1-3-20(4-2)12-11-19-17(21)16-10-9-15(22-16)13-5-7-14(18)8-6-13/h5-10H,3-4,11-12H2,1-2H3,(H,19,21). The highest BCUT2D eigenvalue weighted by Crippen LogP contribution is 2.23. The maximum Gasteiger partial charge on any atom is 0.287 e. The van der Waals surface area contributed by atoms with Crippen molar-refractivity contribution in [2.24, 2.45) is 0 Å². The smallest absolute Gasteiger partial charge is 0.287 e. The zero-order chi connectivity index (χ0) is 15.9. The topological polar surface area (TPSA) is 45.5 Å². The Bertz CT molecular complexity index is 603. The van der Waals surface area contributed by atoms with Crippen molar-refractivity contribution in [1.82, 2.24) is 10.2 Å². The summed E-state index contributed by atoms with van der Waals surface area (Å²) < 4.78 is 5.61. The molecule has 5 heteroatoms. The van der Waals surface area contributed by atoms with Gasteiger partial charge in [0.05, 0.1) is 0 Å². The summed E-state index contributed by atoms with van der Waals surface area (Å²) in [5.74, 6) is 0.794. The van der Waals surface area contributed by atoms with E-state index in [9.17, 15) is 4.79 Å². The SMILES string of the molecule is CCN(CC)CCNC(=O)c1ccc(-c2ccc(Cl)cc2)o1. The molecule has 0 radical (unpaired) electrons. The molecule has 0 saturated carbocycles. The number of nitrogens with zero attached hydrogens (tertiary/aromatic N) is 1. The molecule has 0 aliphatic heterocycles. The van der Waals surface area contributed by atoms with Crippen molar-refractivity contribution < 1.29 is 9.21 Å². The quantitative estimate of drug-likeness (QED) is 0.846. The fraction of sp³-hybridized carbons (Fsp3) is 0.353. The van der Waals surface area contributed by atoms with Gasteiger partial charge in [-0.25, -0.2) is 0 Å². The third-order valence-electron chi connectivity index (χ3n) is 3.57. The van der Waals surface area contributed by atoms with E-state index in [4.69, 9.17) is 16.0 Å². The van der Waals surface area contributed by atoms with Gasteiger partial charge in [-0.2, -0.15) is 0 Å². The molecule has 2 rings (SSSR count). The van der Waals surface area contributed by atoms with Gasteiger partial charge in [0.1, 0.15) is 5.76 Å². The summed E-state index contributed by atoms with van der Waals surface area (Å²) in [5, 5.41) is 3.55. The second-order valence-electron chi connectivity index (χ2n) is 4.95. The van der Waals surface area contributed by atoms with Gasteiger partial charge < -0.3 is 14.6 Å². The number of carbonyl (C=O) groups is 1. The first kappa shape index (κ1) is 16.6. The number of hydrogen-bond donors (Lipinski definition) is 1. The molecule has 4 nitrogen and oxygen atoms in total. The lowest BCUT2D eigenvalue weighted by molar-refractivity contribution is 0.0922. The van der Waals surface area contributed by atoms with Gasteiger partial charge in [-0.05, 0) is 49.5 Å². The molecule has 0 spiro atoms. The third kappa shape index (κ3) is 4.36. The maximum absolute atomic E-state index is 12.1. The zero-order valence-corrected chi connectivity index (χ0v) is 13.7. The van der Waals surface area contributed by atoms with E-state index in [0.29, 0.717) is 23.1 Å². The van der Waals surface area contributed by atoms with Gasteiger partial charge in [0.15, 0.2) is 5.76 Å². The molecule has 1 N–H and O–H groups in total. The summed E-state index contributed by atoms with van der Waals surface area (Å²) in [6.45, 7) is 7.62. The van der Waals surface area contributed by atoms with Gasteiger partial charge in [-0.1, -0.05) is 25.4 Å². The van der Waals surface area contributed by atoms with Crippen LogP contribution in [-0.4, -0.2) is 37.0 Å². The van der Waals surface area contributed by atoms with Gasteiger partial charge in [0, 0.05) is 23.7 Å². The minimum absolute atomic E-state index is 0.188. The first-order valence-corrected chi connectivity index (χ1v) is 7.88. The molecule has 1 aromatic heterocycles. The van der Waals surface area contributed by atoms with E-state index in [1.54, 1.807) is 24.3 Å². The Morgan fingerprint density at radius 3 is 2.45 bits per heavy atom. The number of furan rings is 1. The molecule has 0 aliphatic rings. The van der Waals surface area contributed by atoms with Crippen LogP contribution >= 0.6 is 11.6 Å². The average molecular weight is 321 g/mol. The number of benzene rings is 1. The highest BCUT2D eigenvalue weighted by molar-refractivity contribution is 6.30. The molecule has 1 amide bonds. The van der Waals surface area contributed by atoms with E-state index < -0.39 is 0 Å². The van der Waals surface area contributed by atoms with Crippen molar-refractivity contribution in [1.29, 1.82) is 0 Å². The van der Waals surface area contributed by atoms with E-state index in [2.05, 4.69) is 24.1 Å². The molecule has 0 bridgehead atoms. The van der Waals surface area contributed by atoms with Crippen molar-refractivity contribution in [2.75, 3.05) is 26.2 Å². The van der Waals surface area contributed by atoms with E-state index in [-0.39, 0.29) is 5.91 Å². The van der Waals surface area contributed by atoms with Crippen LogP contribution in [0.2, 0.25) is 5.02 Å². The van der Waals surface area contributed by atoms with Crippen LogP contribution in [-0.2, 0) is 0 Å². The Morgan fingerprint density at radius 2 is 1.82 bits per heavy atom. The minimum atomic E-state index is -0.188.